The lowest BCUT2D eigenvalue weighted by molar-refractivity contribution is 0.0531. The summed E-state index contributed by atoms with van der Waals surface area (Å²) in [5.41, 5.74) is 0.949. The number of aromatic nitrogens is 2. The first-order chi connectivity index (χ1) is 12.6. The van der Waals surface area contributed by atoms with Crippen LogP contribution < -0.4 is 4.90 Å². The zero-order valence-corrected chi connectivity index (χ0v) is 16.6. The first-order valence-corrected chi connectivity index (χ1v) is 10.3. The number of piperidine rings is 1. The normalized spacial score (nSPS) is 21.0. The van der Waals surface area contributed by atoms with Gasteiger partial charge < -0.3 is 9.64 Å². The van der Waals surface area contributed by atoms with E-state index < -0.39 is 0 Å². The smallest absolute Gasteiger partial charge is 0.348 e. The molecular weight excluding hydrogens is 348 g/mol. The number of hydrogen-bond donors (Lipinski definition) is 0. The highest BCUT2D eigenvalue weighted by Gasteiger charge is 2.31. The van der Waals surface area contributed by atoms with Gasteiger partial charge in [0.25, 0.3) is 0 Å². The summed E-state index contributed by atoms with van der Waals surface area (Å²) in [7, 11) is 0. The molecule has 1 atom stereocenters. The highest BCUT2D eigenvalue weighted by Crippen LogP contribution is 2.37. The third-order valence-corrected chi connectivity index (χ3v) is 6.65. The second kappa shape index (κ2) is 7.12. The number of carbonyl (C=O) groups is 1. The van der Waals surface area contributed by atoms with Crippen LogP contribution in [-0.2, 0) is 4.74 Å². The molecule has 0 saturated carbocycles. The van der Waals surface area contributed by atoms with Crippen LogP contribution in [0.3, 0.4) is 0 Å². The maximum absolute atomic E-state index is 12.3. The van der Waals surface area contributed by atoms with E-state index >= 15 is 0 Å². The molecule has 4 rings (SSSR count). The number of fused-ring (bicyclic) bond motifs is 2. The fraction of sp³-hybridized carbons (Fsp3) is 0.632. The molecule has 2 aliphatic rings. The van der Waals surface area contributed by atoms with Gasteiger partial charge in [0.2, 0.25) is 0 Å². The molecule has 2 aromatic heterocycles. The first kappa shape index (κ1) is 17.7. The van der Waals surface area contributed by atoms with Crippen molar-refractivity contribution in [1.29, 1.82) is 0 Å². The van der Waals surface area contributed by atoms with Gasteiger partial charge in [-0.25, -0.2) is 14.8 Å². The third kappa shape index (κ3) is 3.07. The van der Waals surface area contributed by atoms with Gasteiger partial charge in [-0.1, -0.05) is 6.42 Å². The Morgan fingerprint density at radius 2 is 2.08 bits per heavy atom. The highest BCUT2D eigenvalue weighted by atomic mass is 32.1. The summed E-state index contributed by atoms with van der Waals surface area (Å²) in [6.45, 7) is 10.4. The number of rotatable bonds is 3. The van der Waals surface area contributed by atoms with Gasteiger partial charge in [-0.3, -0.25) is 4.90 Å². The number of carbonyl (C=O) groups excluding carboxylic acids is 1. The molecule has 0 aromatic carbocycles. The van der Waals surface area contributed by atoms with Gasteiger partial charge in [0, 0.05) is 25.7 Å². The van der Waals surface area contributed by atoms with Gasteiger partial charge in [-0.2, -0.15) is 0 Å². The number of anilines is 1. The fourth-order valence-corrected chi connectivity index (χ4v) is 5.30. The molecule has 0 amide bonds. The molecule has 7 heteroatoms. The number of aryl methyl sites for hydroxylation is 2. The van der Waals surface area contributed by atoms with Gasteiger partial charge in [0.05, 0.1) is 12.0 Å². The minimum Gasteiger partial charge on any atom is -0.462 e. The van der Waals surface area contributed by atoms with Crippen LogP contribution in [0.15, 0.2) is 0 Å². The Hall–Kier alpha value is -1.73. The summed E-state index contributed by atoms with van der Waals surface area (Å²) < 4.78 is 5.23. The van der Waals surface area contributed by atoms with E-state index in [2.05, 4.69) is 14.8 Å². The van der Waals surface area contributed by atoms with Crippen molar-refractivity contribution in [1.82, 2.24) is 14.9 Å². The Morgan fingerprint density at radius 1 is 1.23 bits per heavy atom. The minimum atomic E-state index is -0.256. The number of thiophene rings is 1. The Balaban J connectivity index is 1.73. The topological polar surface area (TPSA) is 58.6 Å². The number of piperazine rings is 1. The zero-order valence-electron chi connectivity index (χ0n) is 15.7. The summed E-state index contributed by atoms with van der Waals surface area (Å²) in [6.07, 6.45) is 3.90. The van der Waals surface area contributed by atoms with E-state index in [4.69, 9.17) is 9.72 Å². The predicted octanol–water partition coefficient (Wildman–Crippen LogP) is 3.16. The predicted molar refractivity (Wildman–Crippen MR) is 104 cm³/mol. The molecule has 0 bridgehead atoms. The quantitative estimate of drug-likeness (QED) is 0.769. The molecule has 2 saturated heterocycles. The molecule has 140 valence electrons. The van der Waals surface area contributed by atoms with Crippen LogP contribution in [0.1, 0.15) is 47.2 Å². The lowest BCUT2D eigenvalue weighted by Gasteiger charge is -2.44. The molecule has 0 radical (unpaired) electrons. The SMILES string of the molecule is CCOC(=O)c1sc2nc(C)nc(N3CCN4CCCC[C@H]4C3)c2c1C. The van der Waals surface area contributed by atoms with Crippen molar-refractivity contribution in [2.45, 2.75) is 46.1 Å². The standard InChI is InChI=1S/C19H26N4O2S/c1-4-25-19(24)16-12(2)15-17(20-13(3)21-18(15)26-16)23-10-9-22-8-6-5-7-14(22)11-23/h14H,4-11H2,1-3H3/t14-/m0/s1. The van der Waals surface area contributed by atoms with E-state index in [0.717, 1.165) is 47.1 Å². The molecule has 0 N–H and O–H groups in total. The maximum atomic E-state index is 12.3. The van der Waals surface area contributed by atoms with Crippen LogP contribution in [-0.4, -0.2) is 59.7 Å². The molecule has 26 heavy (non-hydrogen) atoms. The summed E-state index contributed by atoms with van der Waals surface area (Å²) in [4.78, 5) is 28.3. The maximum Gasteiger partial charge on any atom is 0.348 e. The monoisotopic (exact) mass is 374 g/mol. The third-order valence-electron chi connectivity index (χ3n) is 5.48. The van der Waals surface area contributed by atoms with Crippen molar-refractivity contribution in [3.8, 4) is 0 Å². The van der Waals surface area contributed by atoms with E-state index in [-0.39, 0.29) is 5.97 Å². The van der Waals surface area contributed by atoms with Crippen LogP contribution in [0.2, 0.25) is 0 Å². The van der Waals surface area contributed by atoms with E-state index in [0.29, 0.717) is 17.5 Å². The van der Waals surface area contributed by atoms with Gasteiger partial charge in [-0.05, 0) is 45.7 Å². The second-order valence-corrected chi connectivity index (χ2v) is 8.18. The minimum absolute atomic E-state index is 0.256. The molecule has 0 aliphatic carbocycles. The zero-order chi connectivity index (χ0) is 18.3. The van der Waals surface area contributed by atoms with Crippen molar-refractivity contribution in [3.63, 3.8) is 0 Å². The first-order valence-electron chi connectivity index (χ1n) is 9.52. The van der Waals surface area contributed by atoms with Crippen LogP contribution in [0.4, 0.5) is 5.82 Å². The molecule has 2 fully saturated rings. The fourth-order valence-electron chi connectivity index (χ4n) is 4.19. The highest BCUT2D eigenvalue weighted by molar-refractivity contribution is 7.20. The molecule has 0 unspecified atom stereocenters. The van der Waals surface area contributed by atoms with Crippen LogP contribution in [0, 0.1) is 13.8 Å². The number of ether oxygens (including phenoxy) is 1. The Morgan fingerprint density at radius 3 is 2.88 bits per heavy atom. The molecular formula is C19H26N4O2S. The number of hydrogen-bond acceptors (Lipinski definition) is 7. The molecule has 2 aliphatic heterocycles. The van der Waals surface area contributed by atoms with Gasteiger partial charge in [-0.15, -0.1) is 11.3 Å². The van der Waals surface area contributed by atoms with Crippen molar-refractivity contribution in [2.75, 3.05) is 37.7 Å². The lowest BCUT2D eigenvalue weighted by atomic mass is 9.99. The summed E-state index contributed by atoms with van der Waals surface area (Å²) in [6, 6.07) is 0.617. The largest absolute Gasteiger partial charge is 0.462 e. The average molecular weight is 375 g/mol. The Kier molecular flexibility index (Phi) is 4.84. The lowest BCUT2D eigenvalue weighted by Crippen LogP contribution is -2.55. The van der Waals surface area contributed by atoms with E-state index in [9.17, 15) is 4.79 Å². The van der Waals surface area contributed by atoms with Gasteiger partial charge in [0.1, 0.15) is 21.3 Å². The van der Waals surface area contributed by atoms with Crippen molar-refractivity contribution >= 4 is 33.3 Å². The van der Waals surface area contributed by atoms with Gasteiger partial charge >= 0.3 is 5.97 Å². The van der Waals surface area contributed by atoms with Crippen LogP contribution in [0.5, 0.6) is 0 Å². The van der Waals surface area contributed by atoms with Crippen molar-refractivity contribution < 1.29 is 9.53 Å². The van der Waals surface area contributed by atoms with E-state index in [1.807, 2.05) is 20.8 Å². The average Bonchev–Trinajstić information content (AvgIpc) is 2.97. The number of esters is 1. The summed E-state index contributed by atoms with van der Waals surface area (Å²) in [5, 5.41) is 1.02. The number of nitrogens with zero attached hydrogens (tertiary/aromatic N) is 4. The van der Waals surface area contributed by atoms with Crippen LogP contribution >= 0.6 is 11.3 Å². The van der Waals surface area contributed by atoms with Gasteiger partial charge in [0.15, 0.2) is 0 Å². The Bertz CT molecular complexity index is 835. The summed E-state index contributed by atoms with van der Waals surface area (Å²) in [5.74, 6) is 1.49. The molecule has 4 heterocycles. The molecule has 6 nitrogen and oxygen atoms in total. The molecule has 0 spiro atoms. The van der Waals surface area contributed by atoms with E-state index in [1.165, 1.54) is 37.1 Å². The van der Waals surface area contributed by atoms with Crippen LogP contribution in [0.25, 0.3) is 10.2 Å². The van der Waals surface area contributed by atoms with Crippen molar-refractivity contribution in [2.24, 2.45) is 0 Å². The second-order valence-electron chi connectivity index (χ2n) is 7.18. The summed E-state index contributed by atoms with van der Waals surface area (Å²) >= 11 is 1.42. The Labute approximate surface area is 158 Å². The molecule has 2 aromatic rings. The van der Waals surface area contributed by atoms with E-state index in [1.54, 1.807) is 0 Å². The van der Waals surface area contributed by atoms with Crippen molar-refractivity contribution in [3.05, 3.63) is 16.3 Å².